The summed E-state index contributed by atoms with van der Waals surface area (Å²) in [6, 6.07) is 9.67. The molecule has 1 fully saturated rings. The Hall–Kier alpha value is -1.35. The van der Waals surface area contributed by atoms with Gasteiger partial charge >= 0.3 is 5.97 Å². The highest BCUT2D eigenvalue weighted by molar-refractivity contribution is 5.83. The second kappa shape index (κ2) is 3.10. The maximum absolute atomic E-state index is 11.3. The number of methoxy groups -OCH3 is 1. The fourth-order valence-corrected chi connectivity index (χ4v) is 1.58. The second-order valence-electron chi connectivity index (χ2n) is 3.51. The SMILES string of the molecule is COC(=O)[C@]1(C)O[C@H]1c1ccccc1. The van der Waals surface area contributed by atoms with Crippen LogP contribution in [0.5, 0.6) is 0 Å². The van der Waals surface area contributed by atoms with Crippen molar-refractivity contribution in [2.45, 2.75) is 18.6 Å². The third-order valence-corrected chi connectivity index (χ3v) is 2.50. The molecule has 0 amide bonds. The highest BCUT2D eigenvalue weighted by atomic mass is 16.7. The minimum absolute atomic E-state index is 0.156. The van der Waals surface area contributed by atoms with E-state index < -0.39 is 5.60 Å². The van der Waals surface area contributed by atoms with Gasteiger partial charge < -0.3 is 9.47 Å². The predicted molar refractivity (Wildman–Crippen MR) is 50.7 cm³/mol. The van der Waals surface area contributed by atoms with Crippen molar-refractivity contribution in [3.05, 3.63) is 35.9 Å². The lowest BCUT2D eigenvalue weighted by molar-refractivity contribution is -0.146. The van der Waals surface area contributed by atoms with Crippen molar-refractivity contribution < 1.29 is 14.3 Å². The molecule has 14 heavy (non-hydrogen) atoms. The molecule has 2 rings (SSSR count). The van der Waals surface area contributed by atoms with Crippen molar-refractivity contribution >= 4 is 5.97 Å². The monoisotopic (exact) mass is 192 g/mol. The topological polar surface area (TPSA) is 38.8 Å². The smallest absolute Gasteiger partial charge is 0.340 e. The van der Waals surface area contributed by atoms with E-state index in [4.69, 9.17) is 4.74 Å². The van der Waals surface area contributed by atoms with Crippen molar-refractivity contribution in [3.8, 4) is 0 Å². The van der Waals surface area contributed by atoms with E-state index in [1.165, 1.54) is 7.11 Å². The van der Waals surface area contributed by atoms with E-state index >= 15 is 0 Å². The zero-order valence-electron chi connectivity index (χ0n) is 8.19. The molecule has 0 aromatic heterocycles. The van der Waals surface area contributed by atoms with Crippen LogP contribution >= 0.6 is 0 Å². The van der Waals surface area contributed by atoms with Crippen LogP contribution in [0.1, 0.15) is 18.6 Å². The van der Waals surface area contributed by atoms with E-state index in [1.54, 1.807) is 6.92 Å². The molecule has 2 atom stereocenters. The molecule has 0 radical (unpaired) electrons. The Kier molecular flexibility index (Phi) is 2.04. The van der Waals surface area contributed by atoms with Crippen molar-refractivity contribution in [3.63, 3.8) is 0 Å². The van der Waals surface area contributed by atoms with Crippen LogP contribution in [0.25, 0.3) is 0 Å². The van der Waals surface area contributed by atoms with Crippen molar-refractivity contribution in [2.75, 3.05) is 7.11 Å². The molecule has 3 nitrogen and oxygen atoms in total. The summed E-state index contributed by atoms with van der Waals surface area (Å²) in [5, 5.41) is 0. The Morgan fingerprint density at radius 3 is 2.64 bits per heavy atom. The van der Waals surface area contributed by atoms with Gasteiger partial charge in [-0.15, -0.1) is 0 Å². The van der Waals surface area contributed by atoms with Crippen molar-refractivity contribution in [2.24, 2.45) is 0 Å². The number of esters is 1. The molecule has 0 aliphatic carbocycles. The Labute approximate surface area is 82.6 Å². The van der Waals surface area contributed by atoms with Gasteiger partial charge in [0.25, 0.3) is 0 Å². The van der Waals surface area contributed by atoms with Gasteiger partial charge in [-0.05, 0) is 12.5 Å². The Balaban J connectivity index is 2.16. The summed E-state index contributed by atoms with van der Waals surface area (Å²) in [6.07, 6.45) is -0.156. The zero-order valence-corrected chi connectivity index (χ0v) is 8.19. The number of carbonyl (C=O) groups excluding carboxylic acids is 1. The van der Waals surface area contributed by atoms with Gasteiger partial charge in [0.05, 0.1) is 7.11 Å². The van der Waals surface area contributed by atoms with Crippen LogP contribution in [-0.2, 0) is 14.3 Å². The highest BCUT2D eigenvalue weighted by Gasteiger charge is 2.60. The molecule has 1 aromatic carbocycles. The molecule has 0 spiro atoms. The molecule has 0 unspecified atom stereocenters. The number of rotatable bonds is 2. The lowest BCUT2D eigenvalue weighted by Crippen LogP contribution is -2.22. The predicted octanol–water partition coefficient (Wildman–Crippen LogP) is 1.69. The molecule has 74 valence electrons. The third kappa shape index (κ3) is 1.30. The lowest BCUT2D eigenvalue weighted by Gasteiger charge is -2.02. The normalized spacial score (nSPS) is 29.7. The van der Waals surface area contributed by atoms with Gasteiger partial charge in [0.15, 0.2) is 5.60 Å². The molecule has 0 N–H and O–H groups in total. The van der Waals surface area contributed by atoms with E-state index in [9.17, 15) is 4.79 Å². The number of ether oxygens (including phenoxy) is 2. The molecule has 1 aromatic rings. The summed E-state index contributed by atoms with van der Waals surface area (Å²) in [5.41, 5.74) is 0.233. The molecule has 0 bridgehead atoms. The Morgan fingerprint density at radius 2 is 2.07 bits per heavy atom. The molecular formula is C11H12O3. The van der Waals surface area contributed by atoms with E-state index in [0.717, 1.165) is 5.56 Å². The molecule has 1 aliphatic rings. The second-order valence-corrected chi connectivity index (χ2v) is 3.51. The maximum atomic E-state index is 11.3. The fourth-order valence-electron chi connectivity index (χ4n) is 1.58. The first kappa shape index (κ1) is 9.21. The van der Waals surface area contributed by atoms with Gasteiger partial charge in [-0.2, -0.15) is 0 Å². The van der Waals surface area contributed by atoms with Gasteiger partial charge in [0, 0.05) is 0 Å². The largest absolute Gasteiger partial charge is 0.467 e. The van der Waals surface area contributed by atoms with Gasteiger partial charge in [-0.25, -0.2) is 4.79 Å². The first-order valence-electron chi connectivity index (χ1n) is 4.49. The number of benzene rings is 1. The summed E-state index contributed by atoms with van der Waals surface area (Å²) in [7, 11) is 1.37. The van der Waals surface area contributed by atoms with E-state index in [1.807, 2.05) is 30.3 Å². The molecular weight excluding hydrogens is 180 g/mol. The molecule has 0 saturated carbocycles. The lowest BCUT2D eigenvalue weighted by atomic mass is 10.0. The summed E-state index contributed by atoms with van der Waals surface area (Å²) >= 11 is 0. The van der Waals surface area contributed by atoms with Gasteiger partial charge in [0.1, 0.15) is 6.10 Å². The Morgan fingerprint density at radius 1 is 1.43 bits per heavy atom. The van der Waals surface area contributed by atoms with Crippen LogP contribution in [0, 0.1) is 0 Å². The van der Waals surface area contributed by atoms with E-state index in [-0.39, 0.29) is 12.1 Å². The van der Waals surface area contributed by atoms with E-state index in [2.05, 4.69) is 4.74 Å². The number of epoxide rings is 1. The first-order chi connectivity index (χ1) is 6.68. The Bertz CT molecular complexity index is 347. The highest BCUT2D eigenvalue weighted by Crippen LogP contribution is 2.49. The zero-order chi connectivity index (χ0) is 10.2. The molecule has 1 saturated heterocycles. The van der Waals surface area contributed by atoms with Crippen LogP contribution in [-0.4, -0.2) is 18.7 Å². The number of hydrogen-bond donors (Lipinski definition) is 0. The van der Waals surface area contributed by atoms with Crippen molar-refractivity contribution in [1.82, 2.24) is 0 Å². The van der Waals surface area contributed by atoms with Gasteiger partial charge in [-0.1, -0.05) is 30.3 Å². The maximum Gasteiger partial charge on any atom is 0.340 e. The van der Waals surface area contributed by atoms with Crippen LogP contribution in [0.3, 0.4) is 0 Å². The minimum atomic E-state index is -0.782. The standard InChI is InChI=1S/C11H12O3/c1-11(10(12)13-2)9(14-11)8-6-4-3-5-7-8/h3-7,9H,1-2H3/t9-,11+/m0/s1. The summed E-state index contributed by atoms with van der Waals surface area (Å²) < 4.78 is 10.0. The van der Waals surface area contributed by atoms with Crippen LogP contribution in [0.2, 0.25) is 0 Å². The van der Waals surface area contributed by atoms with Gasteiger partial charge in [0.2, 0.25) is 0 Å². The molecule has 1 aliphatic heterocycles. The van der Waals surface area contributed by atoms with Crippen LogP contribution in [0.4, 0.5) is 0 Å². The number of carbonyl (C=O) groups is 1. The minimum Gasteiger partial charge on any atom is -0.467 e. The number of hydrogen-bond acceptors (Lipinski definition) is 3. The molecule has 1 heterocycles. The van der Waals surface area contributed by atoms with Crippen LogP contribution < -0.4 is 0 Å². The summed E-state index contributed by atoms with van der Waals surface area (Å²) in [4.78, 5) is 11.3. The average Bonchev–Trinajstić information content (AvgIpc) is 2.92. The molecule has 3 heteroatoms. The van der Waals surface area contributed by atoms with Gasteiger partial charge in [-0.3, -0.25) is 0 Å². The van der Waals surface area contributed by atoms with Crippen molar-refractivity contribution in [1.29, 1.82) is 0 Å². The van der Waals surface area contributed by atoms with Crippen LogP contribution in [0.15, 0.2) is 30.3 Å². The quantitative estimate of drug-likeness (QED) is 0.528. The summed E-state index contributed by atoms with van der Waals surface area (Å²) in [5.74, 6) is -0.314. The van der Waals surface area contributed by atoms with E-state index in [0.29, 0.717) is 0 Å². The summed E-state index contributed by atoms with van der Waals surface area (Å²) in [6.45, 7) is 1.75. The first-order valence-corrected chi connectivity index (χ1v) is 4.49. The average molecular weight is 192 g/mol. The fraction of sp³-hybridized carbons (Fsp3) is 0.364. The third-order valence-electron chi connectivity index (χ3n) is 2.50.